The maximum absolute atomic E-state index is 13.2. The summed E-state index contributed by atoms with van der Waals surface area (Å²) in [5, 5.41) is 8.17. The average molecular weight is 252 g/mol. The molecule has 0 aromatic heterocycles. The van der Waals surface area contributed by atoms with Crippen LogP contribution >= 0.6 is 0 Å². The summed E-state index contributed by atoms with van der Waals surface area (Å²) in [6.07, 6.45) is -1.55. The Morgan fingerprint density at radius 3 is 2.18 bits per heavy atom. The molecule has 0 amide bonds. The lowest BCUT2D eigenvalue weighted by molar-refractivity contribution is -0.164. The Morgan fingerprint density at radius 1 is 1.35 bits per heavy atom. The third-order valence-electron chi connectivity index (χ3n) is 2.06. The third-order valence-corrected chi connectivity index (χ3v) is 2.06. The largest absolute Gasteiger partial charge is 0.497 e. The first kappa shape index (κ1) is 13.3. The first-order chi connectivity index (χ1) is 7.77. The van der Waals surface area contributed by atoms with Crippen LogP contribution in [0.2, 0.25) is 0 Å². The highest BCUT2D eigenvalue weighted by atomic mass is 19.3. The van der Waals surface area contributed by atoms with Crippen molar-refractivity contribution in [2.45, 2.75) is 12.3 Å². The second-order valence-corrected chi connectivity index (χ2v) is 3.26. The van der Waals surface area contributed by atoms with Gasteiger partial charge in [0.25, 0.3) is 0 Å². The van der Waals surface area contributed by atoms with Crippen LogP contribution in [0.15, 0.2) is 12.1 Å². The number of carboxylic acids is 1. The summed E-state index contributed by atoms with van der Waals surface area (Å²) in [5.41, 5.74) is -0.988. The number of ether oxygens (including phenoxy) is 1. The van der Waals surface area contributed by atoms with Crippen molar-refractivity contribution in [1.29, 1.82) is 0 Å². The van der Waals surface area contributed by atoms with E-state index in [1.54, 1.807) is 0 Å². The van der Waals surface area contributed by atoms with Gasteiger partial charge in [0.1, 0.15) is 17.4 Å². The zero-order valence-corrected chi connectivity index (χ0v) is 8.64. The molecule has 0 atom stereocenters. The number of carbonyl (C=O) groups is 1. The Labute approximate surface area is 93.6 Å². The Morgan fingerprint density at radius 2 is 1.82 bits per heavy atom. The van der Waals surface area contributed by atoms with Crippen molar-refractivity contribution >= 4 is 5.97 Å². The zero-order valence-electron chi connectivity index (χ0n) is 8.64. The summed E-state index contributed by atoms with van der Waals surface area (Å²) < 4.78 is 56.6. The molecule has 17 heavy (non-hydrogen) atoms. The molecule has 0 aliphatic carbocycles. The first-order valence-corrected chi connectivity index (χ1v) is 4.41. The average Bonchev–Trinajstić information content (AvgIpc) is 2.22. The van der Waals surface area contributed by atoms with E-state index in [0.717, 1.165) is 7.11 Å². The molecule has 0 radical (unpaired) electrons. The Balaban J connectivity index is 3.12. The third kappa shape index (κ3) is 2.86. The lowest BCUT2D eigenvalue weighted by atomic mass is 10.1. The molecule has 1 N–H and O–H groups in total. The van der Waals surface area contributed by atoms with Gasteiger partial charge in [0, 0.05) is 17.7 Å². The smallest absolute Gasteiger partial charge is 0.374 e. The molecular formula is C10H8F4O3. The van der Waals surface area contributed by atoms with Gasteiger partial charge in [-0.05, 0) is 0 Å². The summed E-state index contributed by atoms with van der Waals surface area (Å²) in [6.45, 7) is 0. The topological polar surface area (TPSA) is 46.5 Å². The van der Waals surface area contributed by atoms with Crippen molar-refractivity contribution in [2.24, 2.45) is 0 Å². The van der Waals surface area contributed by atoms with Gasteiger partial charge in [0.15, 0.2) is 0 Å². The summed E-state index contributed by atoms with van der Waals surface area (Å²) in [5.74, 6) is -9.39. The maximum atomic E-state index is 13.2. The number of alkyl halides is 2. The minimum absolute atomic E-state index is 0.178. The second-order valence-electron chi connectivity index (χ2n) is 3.26. The van der Waals surface area contributed by atoms with E-state index >= 15 is 0 Å². The highest BCUT2D eigenvalue weighted by Gasteiger charge is 2.40. The van der Waals surface area contributed by atoms with Crippen molar-refractivity contribution in [3.8, 4) is 5.75 Å². The molecule has 0 aliphatic rings. The molecule has 0 spiro atoms. The van der Waals surface area contributed by atoms with Gasteiger partial charge < -0.3 is 9.84 Å². The SMILES string of the molecule is COc1cc(F)c(CC(F)(F)C(=O)O)c(F)c1. The molecule has 0 heterocycles. The van der Waals surface area contributed by atoms with E-state index in [-0.39, 0.29) is 5.75 Å². The van der Waals surface area contributed by atoms with Crippen LogP contribution in [0.4, 0.5) is 17.6 Å². The maximum Gasteiger partial charge on any atom is 0.374 e. The predicted octanol–water partition coefficient (Wildman–Crippen LogP) is 2.24. The molecule has 3 nitrogen and oxygen atoms in total. The van der Waals surface area contributed by atoms with Gasteiger partial charge >= 0.3 is 11.9 Å². The quantitative estimate of drug-likeness (QED) is 0.836. The van der Waals surface area contributed by atoms with Crippen molar-refractivity contribution in [3.05, 3.63) is 29.3 Å². The van der Waals surface area contributed by atoms with Crippen molar-refractivity contribution in [1.82, 2.24) is 0 Å². The van der Waals surface area contributed by atoms with Crippen LogP contribution in [0, 0.1) is 11.6 Å². The van der Waals surface area contributed by atoms with Gasteiger partial charge in [-0.3, -0.25) is 0 Å². The number of benzene rings is 1. The number of hydrogen-bond donors (Lipinski definition) is 1. The van der Waals surface area contributed by atoms with E-state index in [4.69, 9.17) is 5.11 Å². The summed E-state index contributed by atoms with van der Waals surface area (Å²) in [6, 6.07) is 1.41. The first-order valence-electron chi connectivity index (χ1n) is 4.41. The number of hydrogen-bond acceptors (Lipinski definition) is 2. The number of halogens is 4. The molecule has 0 fully saturated rings. The van der Waals surface area contributed by atoms with Crippen molar-refractivity contribution < 1.29 is 32.2 Å². The Kier molecular flexibility index (Phi) is 3.59. The fourth-order valence-electron chi connectivity index (χ4n) is 1.16. The van der Waals surface area contributed by atoms with Gasteiger partial charge in [-0.25, -0.2) is 13.6 Å². The molecule has 1 rings (SSSR count). The molecule has 0 saturated carbocycles. The van der Waals surface area contributed by atoms with E-state index < -0.39 is 35.5 Å². The summed E-state index contributed by atoms with van der Waals surface area (Å²) in [4.78, 5) is 10.2. The Bertz CT molecular complexity index is 422. The number of rotatable bonds is 4. The molecular weight excluding hydrogens is 244 g/mol. The van der Waals surface area contributed by atoms with E-state index in [1.807, 2.05) is 0 Å². The van der Waals surface area contributed by atoms with E-state index in [1.165, 1.54) is 0 Å². The minimum Gasteiger partial charge on any atom is -0.497 e. The van der Waals surface area contributed by atoms with Crippen LogP contribution in [-0.2, 0) is 11.2 Å². The van der Waals surface area contributed by atoms with Crippen LogP contribution in [0.3, 0.4) is 0 Å². The highest BCUT2D eigenvalue weighted by molar-refractivity contribution is 5.75. The predicted molar refractivity (Wildman–Crippen MR) is 49.2 cm³/mol. The van der Waals surface area contributed by atoms with Crippen LogP contribution in [0.1, 0.15) is 5.56 Å². The number of methoxy groups -OCH3 is 1. The standard InChI is InChI=1S/C10H8F4O3/c1-17-5-2-7(11)6(8(12)3-5)4-10(13,14)9(15)16/h2-3H,4H2,1H3,(H,15,16). The van der Waals surface area contributed by atoms with E-state index in [0.29, 0.717) is 12.1 Å². The number of aliphatic carboxylic acids is 1. The molecule has 0 unspecified atom stereocenters. The normalized spacial score (nSPS) is 11.4. The number of carboxylic acid groups (broad SMARTS) is 1. The van der Waals surface area contributed by atoms with E-state index in [2.05, 4.69) is 4.74 Å². The molecule has 94 valence electrons. The van der Waals surface area contributed by atoms with Gasteiger partial charge in [0.2, 0.25) is 0 Å². The molecule has 0 bridgehead atoms. The van der Waals surface area contributed by atoms with Gasteiger partial charge in [-0.1, -0.05) is 0 Å². The molecule has 1 aromatic rings. The Hall–Kier alpha value is -1.79. The highest BCUT2D eigenvalue weighted by Crippen LogP contribution is 2.27. The molecule has 0 aliphatic heterocycles. The minimum atomic E-state index is -4.23. The van der Waals surface area contributed by atoms with Crippen molar-refractivity contribution in [2.75, 3.05) is 7.11 Å². The lowest BCUT2D eigenvalue weighted by Gasteiger charge is -2.13. The zero-order chi connectivity index (χ0) is 13.2. The monoisotopic (exact) mass is 252 g/mol. The molecule has 7 heteroatoms. The van der Waals surface area contributed by atoms with Crippen LogP contribution in [-0.4, -0.2) is 24.1 Å². The van der Waals surface area contributed by atoms with Gasteiger partial charge in [0.05, 0.1) is 13.5 Å². The summed E-state index contributed by atoms with van der Waals surface area (Å²) >= 11 is 0. The molecule has 0 saturated heterocycles. The fraction of sp³-hybridized carbons (Fsp3) is 0.300. The lowest BCUT2D eigenvalue weighted by Crippen LogP contribution is -2.31. The molecule has 1 aromatic carbocycles. The summed E-state index contributed by atoms with van der Waals surface area (Å²) in [7, 11) is 1.15. The van der Waals surface area contributed by atoms with Gasteiger partial charge in [-0.15, -0.1) is 0 Å². The fourth-order valence-corrected chi connectivity index (χ4v) is 1.16. The van der Waals surface area contributed by atoms with Crippen LogP contribution in [0.5, 0.6) is 5.75 Å². The van der Waals surface area contributed by atoms with Crippen molar-refractivity contribution in [3.63, 3.8) is 0 Å². The van der Waals surface area contributed by atoms with E-state index in [9.17, 15) is 22.4 Å². The van der Waals surface area contributed by atoms with Gasteiger partial charge in [-0.2, -0.15) is 8.78 Å². The second kappa shape index (κ2) is 4.60. The van der Waals surface area contributed by atoms with Crippen LogP contribution in [0.25, 0.3) is 0 Å². The van der Waals surface area contributed by atoms with Crippen LogP contribution < -0.4 is 4.74 Å².